The summed E-state index contributed by atoms with van der Waals surface area (Å²) in [5.41, 5.74) is 1.84. The molecule has 1 amide bonds. The molecule has 1 aromatic carbocycles. The Morgan fingerprint density at radius 2 is 2.00 bits per heavy atom. The van der Waals surface area contributed by atoms with E-state index in [1.807, 2.05) is 9.30 Å². The van der Waals surface area contributed by atoms with E-state index in [-0.39, 0.29) is 18.1 Å². The van der Waals surface area contributed by atoms with Crippen molar-refractivity contribution in [2.24, 2.45) is 0 Å². The number of aryl methyl sites for hydroxylation is 1. The number of fused-ring (bicyclic) bond motifs is 1. The normalized spacial score (nSPS) is 14.6. The number of hydrogen-bond donors (Lipinski definition) is 0. The van der Waals surface area contributed by atoms with Crippen LogP contribution in [0.5, 0.6) is 0 Å². The van der Waals surface area contributed by atoms with Gasteiger partial charge in [0.05, 0.1) is 6.42 Å². The second kappa shape index (κ2) is 7.92. The van der Waals surface area contributed by atoms with E-state index in [1.165, 1.54) is 12.1 Å². The zero-order valence-corrected chi connectivity index (χ0v) is 15.9. The van der Waals surface area contributed by atoms with Crippen LogP contribution in [-0.2, 0) is 17.6 Å². The van der Waals surface area contributed by atoms with Gasteiger partial charge in [-0.05, 0) is 24.1 Å². The standard InChI is InChI=1S/C20H23FN6O/c1-2-4-17-13-18(23-20-24-22-14-27(17)20)25-7-9-26(10-8-25)19(28)12-15-5-3-6-16(21)11-15/h3,5-6,11,13-14H,2,4,7-10,12H2,1H3. The smallest absolute Gasteiger partial charge is 0.256 e. The van der Waals surface area contributed by atoms with Gasteiger partial charge in [0.25, 0.3) is 5.78 Å². The number of hydrogen-bond acceptors (Lipinski definition) is 5. The highest BCUT2D eigenvalue weighted by Gasteiger charge is 2.23. The second-order valence-corrected chi connectivity index (χ2v) is 7.03. The van der Waals surface area contributed by atoms with Crippen LogP contribution in [0.4, 0.5) is 10.2 Å². The Morgan fingerprint density at radius 1 is 1.18 bits per heavy atom. The molecule has 1 saturated heterocycles. The van der Waals surface area contributed by atoms with Gasteiger partial charge >= 0.3 is 0 Å². The van der Waals surface area contributed by atoms with E-state index >= 15 is 0 Å². The van der Waals surface area contributed by atoms with E-state index in [0.29, 0.717) is 37.5 Å². The lowest BCUT2D eigenvalue weighted by molar-refractivity contribution is -0.130. The number of amides is 1. The van der Waals surface area contributed by atoms with Crippen molar-refractivity contribution in [3.8, 4) is 0 Å². The summed E-state index contributed by atoms with van der Waals surface area (Å²) in [6.45, 7) is 4.79. The van der Waals surface area contributed by atoms with Crippen LogP contribution in [0.2, 0.25) is 0 Å². The Morgan fingerprint density at radius 3 is 2.75 bits per heavy atom. The summed E-state index contributed by atoms with van der Waals surface area (Å²) in [5, 5.41) is 8.06. The lowest BCUT2D eigenvalue weighted by Gasteiger charge is -2.35. The molecule has 0 N–H and O–H groups in total. The van der Waals surface area contributed by atoms with Crippen molar-refractivity contribution < 1.29 is 9.18 Å². The number of piperazine rings is 1. The van der Waals surface area contributed by atoms with Crippen LogP contribution in [-0.4, -0.2) is 56.6 Å². The molecule has 0 atom stereocenters. The molecule has 0 radical (unpaired) electrons. The van der Waals surface area contributed by atoms with Crippen LogP contribution < -0.4 is 4.90 Å². The molecule has 7 nitrogen and oxygen atoms in total. The Balaban J connectivity index is 1.42. The third kappa shape index (κ3) is 3.81. The summed E-state index contributed by atoms with van der Waals surface area (Å²) in [5.74, 6) is 1.19. The molecule has 8 heteroatoms. The minimum absolute atomic E-state index is 0.0257. The molecule has 3 aromatic rings. The zero-order chi connectivity index (χ0) is 19.5. The summed E-state index contributed by atoms with van der Waals surface area (Å²) in [6.07, 6.45) is 3.87. The minimum atomic E-state index is -0.312. The highest BCUT2D eigenvalue weighted by Crippen LogP contribution is 2.18. The van der Waals surface area contributed by atoms with Gasteiger partial charge in [-0.2, -0.15) is 4.98 Å². The van der Waals surface area contributed by atoms with E-state index < -0.39 is 0 Å². The molecule has 0 aliphatic carbocycles. The summed E-state index contributed by atoms with van der Waals surface area (Å²) in [6, 6.07) is 8.31. The Bertz CT molecular complexity index is 980. The minimum Gasteiger partial charge on any atom is -0.353 e. The summed E-state index contributed by atoms with van der Waals surface area (Å²) < 4.78 is 15.2. The molecular formula is C20H23FN6O. The fourth-order valence-electron chi connectivity index (χ4n) is 3.59. The number of aromatic nitrogens is 4. The van der Waals surface area contributed by atoms with Crippen molar-refractivity contribution >= 4 is 17.5 Å². The molecule has 0 unspecified atom stereocenters. The first-order chi connectivity index (χ1) is 13.6. The van der Waals surface area contributed by atoms with Crippen molar-refractivity contribution in [3.63, 3.8) is 0 Å². The molecule has 1 fully saturated rings. The van der Waals surface area contributed by atoms with Gasteiger partial charge in [0.2, 0.25) is 5.91 Å². The number of rotatable bonds is 5. The topological polar surface area (TPSA) is 66.6 Å². The van der Waals surface area contributed by atoms with Gasteiger partial charge < -0.3 is 9.80 Å². The van der Waals surface area contributed by atoms with Crippen molar-refractivity contribution in [2.75, 3.05) is 31.1 Å². The van der Waals surface area contributed by atoms with E-state index in [0.717, 1.165) is 24.4 Å². The first kappa shape index (κ1) is 18.3. The van der Waals surface area contributed by atoms with Gasteiger partial charge in [-0.1, -0.05) is 25.5 Å². The largest absolute Gasteiger partial charge is 0.353 e. The number of carbonyl (C=O) groups excluding carboxylic acids is 1. The number of benzene rings is 1. The number of anilines is 1. The van der Waals surface area contributed by atoms with Crippen molar-refractivity contribution in [1.82, 2.24) is 24.5 Å². The molecule has 1 aliphatic heterocycles. The summed E-state index contributed by atoms with van der Waals surface area (Å²) >= 11 is 0. The quantitative estimate of drug-likeness (QED) is 0.676. The lowest BCUT2D eigenvalue weighted by atomic mass is 10.1. The van der Waals surface area contributed by atoms with Crippen molar-refractivity contribution in [2.45, 2.75) is 26.2 Å². The fraction of sp³-hybridized carbons (Fsp3) is 0.400. The molecule has 2 aromatic heterocycles. The Hall–Kier alpha value is -3.03. The Kier molecular flexibility index (Phi) is 5.18. The molecule has 0 bridgehead atoms. The van der Waals surface area contributed by atoms with Crippen LogP contribution >= 0.6 is 0 Å². The molecule has 146 valence electrons. The predicted octanol–water partition coefficient (Wildman–Crippen LogP) is 2.11. The maximum Gasteiger partial charge on any atom is 0.256 e. The number of nitrogens with zero attached hydrogens (tertiary/aromatic N) is 6. The van der Waals surface area contributed by atoms with Crippen LogP contribution in [0.3, 0.4) is 0 Å². The maximum absolute atomic E-state index is 13.3. The fourth-order valence-corrected chi connectivity index (χ4v) is 3.59. The first-order valence-electron chi connectivity index (χ1n) is 9.61. The van der Waals surface area contributed by atoms with Crippen molar-refractivity contribution in [1.29, 1.82) is 0 Å². The third-order valence-corrected chi connectivity index (χ3v) is 5.06. The third-order valence-electron chi connectivity index (χ3n) is 5.06. The zero-order valence-electron chi connectivity index (χ0n) is 15.9. The van der Waals surface area contributed by atoms with E-state index in [1.54, 1.807) is 18.5 Å². The molecule has 0 saturated carbocycles. The molecule has 1 aliphatic rings. The highest BCUT2D eigenvalue weighted by molar-refractivity contribution is 5.79. The maximum atomic E-state index is 13.3. The van der Waals surface area contributed by atoms with Crippen LogP contribution in [0.1, 0.15) is 24.6 Å². The summed E-state index contributed by atoms with van der Waals surface area (Å²) in [4.78, 5) is 21.2. The van der Waals surface area contributed by atoms with Crippen LogP contribution in [0.25, 0.3) is 5.78 Å². The number of carbonyl (C=O) groups is 1. The van der Waals surface area contributed by atoms with Crippen LogP contribution in [0, 0.1) is 5.82 Å². The molecule has 3 heterocycles. The second-order valence-electron chi connectivity index (χ2n) is 7.03. The van der Waals surface area contributed by atoms with Gasteiger partial charge in [0.15, 0.2) is 0 Å². The van der Waals surface area contributed by atoms with Crippen molar-refractivity contribution in [3.05, 3.63) is 53.7 Å². The van der Waals surface area contributed by atoms with E-state index in [9.17, 15) is 9.18 Å². The predicted molar refractivity (Wildman–Crippen MR) is 104 cm³/mol. The average molecular weight is 382 g/mol. The SMILES string of the molecule is CCCc1cc(N2CCN(C(=O)Cc3cccc(F)c3)CC2)nc2nncn12. The van der Waals surface area contributed by atoms with Gasteiger partial charge in [-0.15, -0.1) is 10.2 Å². The lowest BCUT2D eigenvalue weighted by Crippen LogP contribution is -2.49. The van der Waals surface area contributed by atoms with Gasteiger partial charge in [0, 0.05) is 37.9 Å². The first-order valence-corrected chi connectivity index (χ1v) is 9.61. The molecular weight excluding hydrogens is 359 g/mol. The Labute approximate surface area is 162 Å². The average Bonchev–Trinajstić information content (AvgIpc) is 3.17. The monoisotopic (exact) mass is 382 g/mol. The summed E-state index contributed by atoms with van der Waals surface area (Å²) in [7, 11) is 0. The molecule has 0 spiro atoms. The van der Waals surface area contributed by atoms with Crippen LogP contribution in [0.15, 0.2) is 36.7 Å². The molecule has 4 rings (SSSR count). The van der Waals surface area contributed by atoms with E-state index in [2.05, 4.69) is 33.1 Å². The van der Waals surface area contributed by atoms with E-state index in [4.69, 9.17) is 0 Å². The van der Waals surface area contributed by atoms with Gasteiger partial charge in [-0.3, -0.25) is 9.20 Å². The van der Waals surface area contributed by atoms with Gasteiger partial charge in [0.1, 0.15) is 18.0 Å². The highest BCUT2D eigenvalue weighted by atomic mass is 19.1. The molecule has 28 heavy (non-hydrogen) atoms. The number of halogens is 1. The van der Waals surface area contributed by atoms with Gasteiger partial charge in [-0.25, -0.2) is 4.39 Å².